The second-order valence-corrected chi connectivity index (χ2v) is 4.94. The molecule has 0 spiro atoms. The molecule has 1 aliphatic rings. The average Bonchev–Trinajstić information content (AvgIpc) is 2.70. The Morgan fingerprint density at radius 1 is 1.29 bits per heavy atom. The summed E-state index contributed by atoms with van der Waals surface area (Å²) in [5, 5.41) is -0.384. The zero-order chi connectivity index (χ0) is 10.5. The number of hydrogen-bond donors (Lipinski definition) is 0. The quantitative estimate of drug-likeness (QED) is 0.697. The number of rotatable bonds is 1. The summed E-state index contributed by atoms with van der Waals surface area (Å²) in [6.07, 6.45) is 0.991. The Balaban J connectivity index is 2.38. The average molecular weight is 235 g/mol. The molecule has 0 bridgehead atoms. The lowest BCUT2D eigenvalue weighted by Gasteiger charge is -2.03. The Morgan fingerprint density at radius 2 is 1.71 bits per heavy atom. The second-order valence-electron chi connectivity index (χ2n) is 4.22. The lowest BCUT2D eigenvalue weighted by Crippen LogP contribution is -2.00. The Kier molecular flexibility index (Phi) is 2.20. The molecule has 1 unspecified atom stereocenters. The Morgan fingerprint density at radius 3 is 2.07 bits per heavy atom. The van der Waals surface area contributed by atoms with Gasteiger partial charge in [-0.15, -0.1) is 0 Å². The van der Waals surface area contributed by atoms with Crippen molar-refractivity contribution in [2.75, 3.05) is 0 Å². The number of halogens is 3. The van der Waals surface area contributed by atoms with E-state index in [4.69, 9.17) is 23.2 Å². The van der Waals surface area contributed by atoms with E-state index in [1.54, 1.807) is 0 Å². The third-order valence-electron chi connectivity index (χ3n) is 2.61. The summed E-state index contributed by atoms with van der Waals surface area (Å²) < 4.78 is 13.0. The molecular weight excluding hydrogens is 226 g/mol. The highest BCUT2D eigenvalue weighted by molar-refractivity contribution is 6.33. The molecule has 0 saturated heterocycles. The van der Waals surface area contributed by atoms with Gasteiger partial charge >= 0.3 is 0 Å². The standard InChI is InChI=1S/C9H9Cl2FN2/c1-9(2)3-4(9)8-13-6(10)5(12)7(11)14-8/h4H,3H2,1-2H3. The molecule has 1 fully saturated rings. The van der Waals surface area contributed by atoms with Crippen LogP contribution in [0, 0.1) is 11.2 Å². The Labute approximate surface area is 91.5 Å². The van der Waals surface area contributed by atoms with Crippen molar-refractivity contribution < 1.29 is 4.39 Å². The van der Waals surface area contributed by atoms with E-state index in [9.17, 15) is 4.39 Å². The van der Waals surface area contributed by atoms with Gasteiger partial charge in [0.2, 0.25) is 0 Å². The van der Waals surface area contributed by atoms with Crippen LogP contribution in [0.1, 0.15) is 32.0 Å². The molecule has 2 nitrogen and oxygen atoms in total. The zero-order valence-electron chi connectivity index (χ0n) is 7.81. The minimum Gasteiger partial charge on any atom is -0.218 e. The smallest absolute Gasteiger partial charge is 0.197 e. The summed E-state index contributed by atoms with van der Waals surface area (Å²) >= 11 is 11.1. The molecule has 1 aromatic rings. The van der Waals surface area contributed by atoms with Gasteiger partial charge in [0, 0.05) is 5.92 Å². The largest absolute Gasteiger partial charge is 0.218 e. The molecule has 0 aliphatic heterocycles. The first kappa shape index (κ1) is 10.1. The number of nitrogens with zero attached hydrogens (tertiary/aromatic N) is 2. The van der Waals surface area contributed by atoms with Crippen LogP contribution >= 0.6 is 23.2 Å². The summed E-state index contributed by atoms with van der Waals surface area (Å²) in [5.41, 5.74) is 0.185. The van der Waals surface area contributed by atoms with E-state index in [1.165, 1.54) is 0 Å². The summed E-state index contributed by atoms with van der Waals surface area (Å²) in [7, 11) is 0. The first-order chi connectivity index (χ1) is 6.42. The van der Waals surface area contributed by atoms with Crippen LogP contribution in [0.15, 0.2) is 0 Å². The van der Waals surface area contributed by atoms with Crippen LogP contribution < -0.4 is 0 Å². The third kappa shape index (κ3) is 1.59. The fraction of sp³-hybridized carbons (Fsp3) is 0.556. The van der Waals surface area contributed by atoms with E-state index in [2.05, 4.69) is 23.8 Å². The van der Waals surface area contributed by atoms with Gasteiger partial charge in [0.1, 0.15) is 5.82 Å². The Bertz CT molecular complexity index is 369. The highest BCUT2D eigenvalue weighted by Crippen LogP contribution is 2.57. The van der Waals surface area contributed by atoms with Gasteiger partial charge in [0.15, 0.2) is 16.1 Å². The lowest BCUT2D eigenvalue weighted by atomic mass is 10.1. The molecule has 14 heavy (non-hydrogen) atoms. The molecule has 1 aromatic heterocycles. The van der Waals surface area contributed by atoms with Gasteiger partial charge in [-0.1, -0.05) is 37.0 Å². The second kappa shape index (κ2) is 3.04. The van der Waals surface area contributed by atoms with Gasteiger partial charge in [-0.25, -0.2) is 14.4 Å². The van der Waals surface area contributed by atoms with E-state index in [0.717, 1.165) is 6.42 Å². The third-order valence-corrected chi connectivity index (χ3v) is 3.11. The van der Waals surface area contributed by atoms with Crippen molar-refractivity contribution in [2.24, 2.45) is 5.41 Å². The molecule has 76 valence electrons. The van der Waals surface area contributed by atoms with Crippen LogP contribution in [-0.4, -0.2) is 9.97 Å². The highest BCUT2D eigenvalue weighted by atomic mass is 35.5. The van der Waals surface area contributed by atoms with Gasteiger partial charge in [-0.05, 0) is 11.8 Å². The van der Waals surface area contributed by atoms with E-state index >= 15 is 0 Å². The number of aromatic nitrogens is 2. The normalized spacial score (nSPS) is 23.6. The van der Waals surface area contributed by atoms with Crippen LogP contribution in [0.25, 0.3) is 0 Å². The molecule has 0 radical (unpaired) electrons. The van der Waals surface area contributed by atoms with Gasteiger partial charge in [0.25, 0.3) is 0 Å². The molecular formula is C9H9Cl2FN2. The van der Waals surface area contributed by atoms with Crippen molar-refractivity contribution in [1.29, 1.82) is 0 Å². The van der Waals surface area contributed by atoms with Crippen LogP contribution in [0.5, 0.6) is 0 Å². The topological polar surface area (TPSA) is 25.8 Å². The van der Waals surface area contributed by atoms with Gasteiger partial charge in [-0.2, -0.15) is 0 Å². The highest BCUT2D eigenvalue weighted by Gasteiger charge is 2.48. The van der Waals surface area contributed by atoms with Crippen molar-refractivity contribution in [3.63, 3.8) is 0 Å². The molecule has 0 amide bonds. The Hall–Kier alpha value is -0.410. The van der Waals surface area contributed by atoms with Crippen molar-refractivity contribution in [2.45, 2.75) is 26.2 Å². The first-order valence-corrected chi connectivity index (χ1v) is 5.06. The summed E-state index contributed by atoms with van der Waals surface area (Å²) in [6.45, 7) is 4.21. The SMILES string of the molecule is CC1(C)CC1c1nc(Cl)c(F)c(Cl)n1. The van der Waals surface area contributed by atoms with E-state index < -0.39 is 5.82 Å². The van der Waals surface area contributed by atoms with Crippen molar-refractivity contribution in [3.8, 4) is 0 Å². The molecule has 0 aromatic carbocycles. The maximum atomic E-state index is 13.0. The maximum absolute atomic E-state index is 13.0. The van der Waals surface area contributed by atoms with Crippen LogP contribution in [0.2, 0.25) is 10.3 Å². The molecule has 1 aliphatic carbocycles. The van der Waals surface area contributed by atoms with E-state index in [0.29, 0.717) is 5.82 Å². The van der Waals surface area contributed by atoms with E-state index in [1.807, 2.05) is 0 Å². The van der Waals surface area contributed by atoms with Crippen LogP contribution in [0.3, 0.4) is 0 Å². The van der Waals surface area contributed by atoms with Gasteiger partial charge < -0.3 is 0 Å². The van der Waals surface area contributed by atoms with Gasteiger partial charge in [0.05, 0.1) is 0 Å². The van der Waals surface area contributed by atoms with E-state index in [-0.39, 0.29) is 21.6 Å². The summed E-state index contributed by atoms with van der Waals surface area (Å²) in [5.74, 6) is 0.0556. The van der Waals surface area contributed by atoms with Gasteiger partial charge in [-0.3, -0.25) is 0 Å². The molecule has 1 saturated carbocycles. The van der Waals surface area contributed by atoms with Crippen LogP contribution in [-0.2, 0) is 0 Å². The molecule has 5 heteroatoms. The molecule has 2 rings (SSSR count). The maximum Gasteiger partial charge on any atom is 0.197 e. The molecule has 1 heterocycles. The van der Waals surface area contributed by atoms with Crippen molar-refractivity contribution >= 4 is 23.2 Å². The lowest BCUT2D eigenvalue weighted by molar-refractivity contribution is 0.588. The van der Waals surface area contributed by atoms with Crippen LogP contribution in [0.4, 0.5) is 4.39 Å². The zero-order valence-corrected chi connectivity index (χ0v) is 9.32. The number of hydrogen-bond acceptors (Lipinski definition) is 2. The minimum absolute atomic E-state index is 0.185. The minimum atomic E-state index is -0.740. The summed E-state index contributed by atoms with van der Waals surface area (Å²) in [4.78, 5) is 7.77. The van der Waals surface area contributed by atoms with Crippen molar-refractivity contribution in [3.05, 3.63) is 21.9 Å². The monoisotopic (exact) mass is 234 g/mol. The van der Waals surface area contributed by atoms with Crippen molar-refractivity contribution in [1.82, 2.24) is 9.97 Å². The first-order valence-electron chi connectivity index (χ1n) is 4.30. The fourth-order valence-electron chi connectivity index (χ4n) is 1.47. The predicted molar refractivity (Wildman–Crippen MR) is 53.1 cm³/mol. The summed E-state index contributed by atoms with van der Waals surface area (Å²) in [6, 6.07) is 0. The molecule has 0 N–H and O–H groups in total. The fourth-order valence-corrected chi connectivity index (χ4v) is 1.87. The molecule has 1 atom stereocenters. The predicted octanol–water partition coefficient (Wildman–Crippen LogP) is 3.44.